The van der Waals surface area contributed by atoms with Crippen LogP contribution in [0.15, 0.2) is 0 Å². The van der Waals surface area contributed by atoms with Gasteiger partial charge in [-0.1, -0.05) is 0 Å². The minimum absolute atomic E-state index is 0.145. The van der Waals surface area contributed by atoms with Crippen LogP contribution in [0.2, 0.25) is 0 Å². The largest absolute Gasteiger partial charge is 0.450 e. The summed E-state index contributed by atoms with van der Waals surface area (Å²) in [6.07, 6.45) is 4.08. The third-order valence-electron chi connectivity index (χ3n) is 6.48. The van der Waals surface area contributed by atoms with Gasteiger partial charge in [0, 0.05) is 32.1 Å². The molecule has 1 spiro atoms. The molecule has 6 nitrogen and oxygen atoms in total. The average Bonchev–Trinajstić information content (AvgIpc) is 2.91. The molecule has 0 aromatic rings. The first-order valence-electron chi connectivity index (χ1n) is 9.03. The fourth-order valence-corrected chi connectivity index (χ4v) is 5.22. The average molecular weight is 321 g/mol. The molecule has 2 atom stereocenters. The van der Waals surface area contributed by atoms with Gasteiger partial charge in [-0.2, -0.15) is 0 Å². The maximum atomic E-state index is 11.9. The summed E-state index contributed by atoms with van der Waals surface area (Å²) >= 11 is 0. The third kappa shape index (κ3) is 2.61. The van der Waals surface area contributed by atoms with E-state index in [-0.39, 0.29) is 17.4 Å². The van der Waals surface area contributed by atoms with Crippen LogP contribution in [0.1, 0.15) is 32.6 Å². The summed E-state index contributed by atoms with van der Waals surface area (Å²) in [6, 6.07) is 0.642. The van der Waals surface area contributed by atoms with Crippen molar-refractivity contribution in [2.75, 3.05) is 39.3 Å². The van der Waals surface area contributed by atoms with Crippen molar-refractivity contribution in [1.29, 1.82) is 0 Å². The Labute approximate surface area is 137 Å². The Kier molecular flexibility index (Phi) is 3.75. The Bertz CT molecular complexity index is 489. The highest BCUT2D eigenvalue weighted by Crippen LogP contribution is 2.46. The van der Waals surface area contributed by atoms with Gasteiger partial charge in [0.1, 0.15) is 0 Å². The number of carbonyl (C=O) groups excluding carboxylic acids is 2. The molecule has 5 fully saturated rings. The van der Waals surface area contributed by atoms with Gasteiger partial charge < -0.3 is 15.0 Å². The zero-order valence-electron chi connectivity index (χ0n) is 13.9. The maximum absolute atomic E-state index is 11.9. The number of carbonyl (C=O) groups is 2. The van der Waals surface area contributed by atoms with Crippen LogP contribution in [0.4, 0.5) is 4.79 Å². The predicted molar refractivity (Wildman–Crippen MR) is 84.8 cm³/mol. The Morgan fingerprint density at radius 1 is 1.30 bits per heavy atom. The lowest BCUT2D eigenvalue weighted by Gasteiger charge is -2.58. The molecule has 0 aromatic carbocycles. The van der Waals surface area contributed by atoms with Gasteiger partial charge in [-0.15, -0.1) is 0 Å². The number of nitrogens with zero attached hydrogens (tertiary/aromatic N) is 2. The molecule has 23 heavy (non-hydrogen) atoms. The van der Waals surface area contributed by atoms with E-state index in [9.17, 15) is 9.59 Å². The molecule has 6 heteroatoms. The Morgan fingerprint density at radius 3 is 2.57 bits per heavy atom. The number of nitrogens with one attached hydrogen (secondary N) is 1. The molecule has 1 aliphatic carbocycles. The first-order chi connectivity index (χ1) is 11.1. The lowest BCUT2D eigenvalue weighted by atomic mass is 9.64. The Morgan fingerprint density at radius 2 is 2.00 bits per heavy atom. The van der Waals surface area contributed by atoms with Crippen LogP contribution in [0.5, 0.6) is 0 Å². The van der Waals surface area contributed by atoms with Gasteiger partial charge in [-0.3, -0.25) is 9.69 Å². The molecule has 0 aromatic heterocycles. The van der Waals surface area contributed by atoms with Crippen molar-refractivity contribution in [3.63, 3.8) is 0 Å². The summed E-state index contributed by atoms with van der Waals surface area (Å²) in [5.74, 6) is 1.44. The van der Waals surface area contributed by atoms with E-state index in [1.165, 1.54) is 6.42 Å². The zero-order chi connectivity index (χ0) is 16.0. The molecule has 4 heterocycles. The highest BCUT2D eigenvalue weighted by atomic mass is 16.6. The number of rotatable bonds is 2. The summed E-state index contributed by atoms with van der Waals surface area (Å²) in [5, 5.41) is 3.01. The Hall–Kier alpha value is -1.30. The highest BCUT2D eigenvalue weighted by Gasteiger charge is 2.52. The predicted octanol–water partition coefficient (Wildman–Crippen LogP) is 1.07. The van der Waals surface area contributed by atoms with Crippen LogP contribution in [-0.2, 0) is 9.53 Å². The molecule has 2 unspecified atom stereocenters. The molecule has 5 rings (SSSR count). The molecule has 2 amide bonds. The fraction of sp³-hybridized carbons (Fsp3) is 0.882. The molecule has 128 valence electrons. The number of piperidine rings is 3. The highest BCUT2D eigenvalue weighted by molar-refractivity contribution is 5.79. The molecule has 0 radical (unpaired) electrons. The van der Waals surface area contributed by atoms with Gasteiger partial charge in [-0.05, 0) is 56.5 Å². The van der Waals surface area contributed by atoms with Crippen molar-refractivity contribution in [2.24, 2.45) is 17.3 Å². The van der Waals surface area contributed by atoms with Gasteiger partial charge in [-0.25, -0.2) is 4.79 Å². The van der Waals surface area contributed by atoms with Gasteiger partial charge in [0.25, 0.3) is 0 Å². The number of hydrogen-bond donors (Lipinski definition) is 1. The van der Waals surface area contributed by atoms with Gasteiger partial charge in [0.2, 0.25) is 5.91 Å². The molecule has 1 saturated carbocycles. The maximum Gasteiger partial charge on any atom is 0.409 e. The third-order valence-corrected chi connectivity index (χ3v) is 6.48. The van der Waals surface area contributed by atoms with E-state index < -0.39 is 0 Å². The molecule has 2 bridgehead atoms. The fourth-order valence-electron chi connectivity index (χ4n) is 5.22. The first-order valence-corrected chi connectivity index (χ1v) is 9.03. The van der Waals surface area contributed by atoms with Crippen LogP contribution in [0.25, 0.3) is 0 Å². The molecule has 4 aliphatic heterocycles. The van der Waals surface area contributed by atoms with Crippen LogP contribution in [-0.4, -0.2) is 67.2 Å². The van der Waals surface area contributed by atoms with E-state index in [1.807, 2.05) is 11.8 Å². The summed E-state index contributed by atoms with van der Waals surface area (Å²) in [5.41, 5.74) is 0.226. The van der Waals surface area contributed by atoms with Gasteiger partial charge >= 0.3 is 6.09 Å². The van der Waals surface area contributed by atoms with E-state index in [0.29, 0.717) is 24.5 Å². The normalized spacial score (nSPS) is 35.8. The van der Waals surface area contributed by atoms with Crippen LogP contribution in [0.3, 0.4) is 0 Å². The van der Waals surface area contributed by atoms with E-state index >= 15 is 0 Å². The molecule has 5 aliphatic rings. The van der Waals surface area contributed by atoms with Crippen LogP contribution < -0.4 is 5.32 Å². The molecular weight excluding hydrogens is 294 g/mol. The van der Waals surface area contributed by atoms with Crippen LogP contribution >= 0.6 is 0 Å². The number of likely N-dealkylation sites (tertiary alicyclic amines) is 1. The summed E-state index contributed by atoms with van der Waals surface area (Å²) in [4.78, 5) is 28.0. The van der Waals surface area contributed by atoms with Crippen molar-refractivity contribution in [2.45, 2.75) is 38.6 Å². The second-order valence-corrected chi connectivity index (χ2v) is 7.84. The quantitative estimate of drug-likeness (QED) is 0.826. The second kappa shape index (κ2) is 5.65. The van der Waals surface area contributed by atoms with E-state index in [4.69, 9.17) is 4.74 Å². The van der Waals surface area contributed by atoms with Crippen molar-refractivity contribution in [3.8, 4) is 0 Å². The Balaban J connectivity index is 1.32. The first kappa shape index (κ1) is 15.2. The van der Waals surface area contributed by atoms with Crippen LogP contribution in [0, 0.1) is 17.3 Å². The number of amides is 2. The van der Waals surface area contributed by atoms with Gasteiger partial charge in [0.05, 0.1) is 6.61 Å². The molecule has 4 saturated heterocycles. The standard InChI is InChI=1S/C17H27N3O3/c1-2-23-16(22)20-9-12-7-13(10-20)15(12)19-5-3-17(4-6-19)8-14(21)18-11-17/h12-13,15H,2-11H2,1H3,(H,18,21). The van der Waals surface area contributed by atoms with E-state index in [2.05, 4.69) is 10.2 Å². The molecule has 1 N–H and O–H groups in total. The SMILES string of the molecule is CCOC(=O)N1CC2CC(C1)C2N1CCC2(CC1)CNC(=O)C2. The number of hydrogen-bond acceptors (Lipinski definition) is 4. The number of fused-ring (bicyclic) bond motifs is 2. The van der Waals surface area contributed by atoms with E-state index in [0.717, 1.165) is 52.0 Å². The zero-order valence-corrected chi connectivity index (χ0v) is 13.9. The monoisotopic (exact) mass is 321 g/mol. The lowest BCUT2D eigenvalue weighted by Crippen LogP contribution is -2.66. The minimum atomic E-state index is -0.145. The van der Waals surface area contributed by atoms with Gasteiger partial charge in [0.15, 0.2) is 0 Å². The second-order valence-electron chi connectivity index (χ2n) is 7.84. The van der Waals surface area contributed by atoms with Crippen molar-refractivity contribution < 1.29 is 14.3 Å². The van der Waals surface area contributed by atoms with Crippen molar-refractivity contribution in [1.82, 2.24) is 15.1 Å². The van der Waals surface area contributed by atoms with Crippen molar-refractivity contribution in [3.05, 3.63) is 0 Å². The molecular formula is C17H27N3O3. The smallest absolute Gasteiger partial charge is 0.409 e. The van der Waals surface area contributed by atoms with Crippen molar-refractivity contribution >= 4 is 12.0 Å². The summed E-state index contributed by atoms with van der Waals surface area (Å²) in [7, 11) is 0. The topological polar surface area (TPSA) is 61.9 Å². The van der Waals surface area contributed by atoms with E-state index in [1.54, 1.807) is 0 Å². The lowest BCUT2D eigenvalue weighted by molar-refractivity contribution is -0.120. The summed E-state index contributed by atoms with van der Waals surface area (Å²) in [6.45, 7) is 7.09. The minimum Gasteiger partial charge on any atom is -0.450 e. The summed E-state index contributed by atoms with van der Waals surface area (Å²) < 4.78 is 5.14. The number of ether oxygens (including phenoxy) is 1.